The Morgan fingerprint density at radius 3 is 2.81 bits per heavy atom. The van der Waals surface area contributed by atoms with E-state index in [2.05, 4.69) is 25.0 Å². The molecule has 1 unspecified atom stereocenters. The van der Waals surface area contributed by atoms with Gasteiger partial charge in [-0.15, -0.1) is 5.10 Å². The van der Waals surface area contributed by atoms with Gasteiger partial charge in [0, 0.05) is 31.5 Å². The summed E-state index contributed by atoms with van der Waals surface area (Å²) in [6.45, 7) is 0.746. The van der Waals surface area contributed by atoms with Crippen molar-refractivity contribution in [3.05, 3.63) is 54.9 Å². The number of imidazole rings is 1. The molecule has 1 aliphatic rings. The molecule has 3 aromatic rings. The number of carbonyl (C=O) groups is 1. The van der Waals surface area contributed by atoms with E-state index in [1.54, 1.807) is 13.2 Å². The molecule has 4 rings (SSSR count). The molecule has 0 bridgehead atoms. The minimum Gasteiger partial charge on any atom is -0.391 e. The van der Waals surface area contributed by atoms with Crippen LogP contribution < -0.4 is 5.32 Å². The van der Waals surface area contributed by atoms with Crippen LogP contribution in [0.25, 0.3) is 11.4 Å². The zero-order chi connectivity index (χ0) is 18.8. The van der Waals surface area contributed by atoms with Crippen LogP contribution in [0.4, 0.5) is 0 Å². The third-order valence-corrected chi connectivity index (χ3v) is 4.95. The minimum absolute atomic E-state index is 0.120. The molecule has 8 heteroatoms. The van der Waals surface area contributed by atoms with Crippen molar-refractivity contribution in [2.24, 2.45) is 13.0 Å². The number of hydrogen-bond acceptors (Lipinski definition) is 5. The highest BCUT2D eigenvalue weighted by Crippen LogP contribution is 2.29. The fourth-order valence-corrected chi connectivity index (χ4v) is 3.68. The second kappa shape index (κ2) is 7.32. The van der Waals surface area contributed by atoms with Gasteiger partial charge >= 0.3 is 0 Å². The highest BCUT2D eigenvalue weighted by molar-refractivity contribution is 5.90. The molecule has 2 heterocycles. The summed E-state index contributed by atoms with van der Waals surface area (Å²) in [6, 6.07) is 9.73. The predicted octanol–water partition coefficient (Wildman–Crippen LogP) is 1.25. The van der Waals surface area contributed by atoms with Crippen molar-refractivity contribution < 1.29 is 9.90 Å². The van der Waals surface area contributed by atoms with E-state index in [4.69, 9.17) is 0 Å². The van der Waals surface area contributed by atoms with Crippen molar-refractivity contribution in [1.82, 2.24) is 29.6 Å². The first-order chi connectivity index (χ1) is 13.1. The average molecular weight is 366 g/mol. The number of nitrogens with zero attached hydrogens (tertiary/aromatic N) is 5. The number of amides is 1. The van der Waals surface area contributed by atoms with E-state index in [-0.39, 0.29) is 23.7 Å². The van der Waals surface area contributed by atoms with Gasteiger partial charge in [0.05, 0.1) is 12.1 Å². The number of carbonyl (C=O) groups excluding carboxylic acids is 1. The number of aliphatic hydroxyl groups is 1. The van der Waals surface area contributed by atoms with E-state index in [1.165, 1.54) is 11.0 Å². The summed E-state index contributed by atoms with van der Waals surface area (Å²) in [7, 11) is 1.71. The zero-order valence-electron chi connectivity index (χ0n) is 15.1. The van der Waals surface area contributed by atoms with Gasteiger partial charge in [0.25, 0.3) is 5.91 Å². The van der Waals surface area contributed by atoms with E-state index in [9.17, 15) is 9.90 Å². The van der Waals surface area contributed by atoms with Crippen molar-refractivity contribution in [2.75, 3.05) is 0 Å². The van der Waals surface area contributed by atoms with Crippen LogP contribution in [0.1, 0.15) is 23.5 Å². The molecule has 0 aliphatic heterocycles. The minimum atomic E-state index is -0.577. The lowest BCUT2D eigenvalue weighted by Crippen LogP contribution is -2.40. The smallest absolute Gasteiger partial charge is 0.291 e. The summed E-state index contributed by atoms with van der Waals surface area (Å²) in [4.78, 5) is 20.7. The Morgan fingerprint density at radius 2 is 2.07 bits per heavy atom. The van der Waals surface area contributed by atoms with Crippen molar-refractivity contribution in [3.63, 3.8) is 0 Å². The first-order valence-corrected chi connectivity index (χ1v) is 9.01. The van der Waals surface area contributed by atoms with Crippen molar-refractivity contribution in [3.8, 4) is 11.4 Å². The number of nitrogens with one attached hydrogen (secondary N) is 1. The van der Waals surface area contributed by atoms with Crippen molar-refractivity contribution >= 4 is 5.91 Å². The number of hydrogen-bond donors (Lipinski definition) is 2. The molecule has 1 amide bonds. The maximum Gasteiger partial charge on any atom is 0.291 e. The van der Waals surface area contributed by atoms with Gasteiger partial charge in [-0.3, -0.25) is 9.48 Å². The monoisotopic (exact) mass is 366 g/mol. The maximum atomic E-state index is 12.2. The molecule has 27 heavy (non-hydrogen) atoms. The molecule has 0 spiro atoms. The SMILES string of the molecule is Cn1cnc(C(=O)N[C@@H]2CC(Cn3ccnc3-c3ccccc3)C[C@H]2O)n1. The summed E-state index contributed by atoms with van der Waals surface area (Å²) < 4.78 is 3.59. The third kappa shape index (κ3) is 3.75. The normalized spacial score (nSPS) is 22.1. The van der Waals surface area contributed by atoms with Gasteiger partial charge in [0.2, 0.25) is 5.82 Å². The molecule has 1 aromatic carbocycles. The number of aliphatic hydroxyl groups excluding tert-OH is 1. The molecule has 2 aromatic heterocycles. The molecule has 3 atom stereocenters. The summed E-state index contributed by atoms with van der Waals surface area (Å²) >= 11 is 0. The Hall–Kier alpha value is -3.00. The fraction of sp³-hybridized carbons (Fsp3) is 0.368. The Kier molecular flexibility index (Phi) is 4.72. The van der Waals surface area contributed by atoms with E-state index in [0.29, 0.717) is 12.8 Å². The molecule has 0 saturated heterocycles. The lowest BCUT2D eigenvalue weighted by Gasteiger charge is -2.15. The summed E-state index contributed by atoms with van der Waals surface area (Å²) in [5.41, 5.74) is 1.06. The molecule has 0 radical (unpaired) electrons. The molecule has 1 saturated carbocycles. The van der Waals surface area contributed by atoms with Crippen LogP contribution in [0.2, 0.25) is 0 Å². The molecule has 1 fully saturated rings. The Bertz CT molecular complexity index is 919. The molecular formula is C19H22N6O2. The number of aromatic nitrogens is 5. The Balaban J connectivity index is 1.41. The fourth-order valence-electron chi connectivity index (χ4n) is 3.68. The first-order valence-electron chi connectivity index (χ1n) is 9.01. The second-order valence-corrected chi connectivity index (χ2v) is 7.00. The number of rotatable bonds is 5. The average Bonchev–Trinajstić information content (AvgIpc) is 3.37. The van der Waals surface area contributed by atoms with Crippen molar-refractivity contribution in [1.29, 1.82) is 0 Å². The quantitative estimate of drug-likeness (QED) is 0.708. The molecule has 140 valence electrons. The topological polar surface area (TPSA) is 97.9 Å². The Labute approximate surface area is 156 Å². The molecular weight excluding hydrogens is 344 g/mol. The van der Waals surface area contributed by atoms with E-state index < -0.39 is 6.10 Å². The van der Waals surface area contributed by atoms with Crippen LogP contribution >= 0.6 is 0 Å². The summed E-state index contributed by atoms with van der Waals surface area (Å²) in [5.74, 6) is 0.927. The Morgan fingerprint density at radius 1 is 1.26 bits per heavy atom. The predicted molar refractivity (Wildman–Crippen MR) is 98.7 cm³/mol. The standard InChI is InChI=1S/C19H22N6O2/c1-24-12-21-17(23-24)19(27)22-15-9-13(10-16(15)26)11-25-8-7-20-18(25)14-5-3-2-4-6-14/h2-8,12-13,15-16,26H,9-11H2,1H3,(H,22,27)/t13?,15-,16-/m1/s1. The van der Waals surface area contributed by atoms with Crippen LogP contribution in [0.15, 0.2) is 49.1 Å². The van der Waals surface area contributed by atoms with E-state index in [0.717, 1.165) is 17.9 Å². The van der Waals surface area contributed by atoms with Gasteiger partial charge in [-0.1, -0.05) is 30.3 Å². The van der Waals surface area contributed by atoms with E-state index in [1.807, 2.05) is 36.5 Å². The van der Waals surface area contributed by atoms with Crippen molar-refractivity contribution in [2.45, 2.75) is 31.5 Å². The van der Waals surface area contributed by atoms with Crippen LogP contribution in [0.3, 0.4) is 0 Å². The second-order valence-electron chi connectivity index (χ2n) is 7.00. The molecule has 1 aliphatic carbocycles. The third-order valence-electron chi connectivity index (χ3n) is 4.95. The van der Waals surface area contributed by atoms with Gasteiger partial charge in [-0.05, 0) is 18.8 Å². The zero-order valence-corrected chi connectivity index (χ0v) is 15.1. The highest BCUT2D eigenvalue weighted by atomic mass is 16.3. The van der Waals surface area contributed by atoms with Gasteiger partial charge in [-0.25, -0.2) is 9.97 Å². The van der Waals surface area contributed by atoms with Crippen LogP contribution in [-0.2, 0) is 13.6 Å². The van der Waals surface area contributed by atoms with Gasteiger partial charge in [0.1, 0.15) is 12.2 Å². The van der Waals surface area contributed by atoms with Crippen LogP contribution in [0, 0.1) is 5.92 Å². The molecule has 2 N–H and O–H groups in total. The van der Waals surface area contributed by atoms with Crippen LogP contribution in [-0.4, -0.2) is 47.5 Å². The van der Waals surface area contributed by atoms with E-state index >= 15 is 0 Å². The maximum absolute atomic E-state index is 12.2. The highest BCUT2D eigenvalue weighted by Gasteiger charge is 2.35. The van der Waals surface area contributed by atoms with Gasteiger partial charge in [0.15, 0.2) is 0 Å². The lowest BCUT2D eigenvalue weighted by molar-refractivity contribution is 0.0862. The summed E-state index contributed by atoms with van der Waals surface area (Å²) in [5, 5.41) is 17.3. The summed E-state index contributed by atoms with van der Waals surface area (Å²) in [6.07, 6.45) is 5.98. The largest absolute Gasteiger partial charge is 0.391 e. The lowest BCUT2D eigenvalue weighted by atomic mass is 10.1. The number of aryl methyl sites for hydroxylation is 1. The van der Waals surface area contributed by atoms with Gasteiger partial charge in [-0.2, -0.15) is 0 Å². The van der Waals surface area contributed by atoms with Gasteiger partial charge < -0.3 is 15.0 Å². The number of benzene rings is 1. The van der Waals surface area contributed by atoms with Crippen LogP contribution in [0.5, 0.6) is 0 Å². The molecule has 8 nitrogen and oxygen atoms in total. The first kappa shape index (κ1) is 17.4.